The highest BCUT2D eigenvalue weighted by molar-refractivity contribution is 5.93. The van der Waals surface area contributed by atoms with Crippen molar-refractivity contribution in [3.63, 3.8) is 0 Å². The number of nitrogens with zero attached hydrogens (tertiary/aromatic N) is 3. The average Bonchev–Trinajstić information content (AvgIpc) is 1.98. The van der Waals surface area contributed by atoms with Crippen molar-refractivity contribution in [2.24, 2.45) is 0 Å². The van der Waals surface area contributed by atoms with Crippen LogP contribution >= 0.6 is 0 Å². The topological polar surface area (TPSA) is 72.1 Å². The predicted molar refractivity (Wildman–Crippen MR) is 51.7 cm³/mol. The maximum Gasteiger partial charge on any atom is 0.272 e. The Labute approximate surface area is 82.0 Å². The smallest absolute Gasteiger partial charge is 0.272 e. The number of hydrogen-bond donors (Lipinski definition) is 1. The summed E-state index contributed by atoms with van der Waals surface area (Å²) < 4.78 is 0. The fourth-order valence-corrected chi connectivity index (χ4v) is 1.38. The van der Waals surface area contributed by atoms with Crippen LogP contribution < -0.4 is 5.73 Å². The quantitative estimate of drug-likeness (QED) is 0.690. The predicted octanol–water partition coefficient (Wildman–Crippen LogP) is 0.213. The van der Waals surface area contributed by atoms with E-state index in [1.807, 2.05) is 0 Å². The van der Waals surface area contributed by atoms with Crippen molar-refractivity contribution < 1.29 is 4.79 Å². The third kappa shape index (κ3) is 1.53. The van der Waals surface area contributed by atoms with E-state index < -0.39 is 0 Å². The molecule has 0 unspecified atom stereocenters. The fourth-order valence-electron chi connectivity index (χ4n) is 1.38. The zero-order valence-corrected chi connectivity index (χ0v) is 8.03. The number of anilines is 1. The maximum atomic E-state index is 11.7. The number of carbonyl (C=O) groups excluding carboxylic acids is 1. The van der Waals surface area contributed by atoms with Gasteiger partial charge in [0.1, 0.15) is 5.69 Å². The van der Waals surface area contributed by atoms with Gasteiger partial charge in [-0.2, -0.15) is 0 Å². The van der Waals surface area contributed by atoms with Crippen LogP contribution in [0.25, 0.3) is 0 Å². The zero-order chi connectivity index (χ0) is 10.1. The minimum absolute atomic E-state index is 0.0477. The molecule has 1 saturated heterocycles. The Morgan fingerprint density at radius 3 is 2.71 bits per heavy atom. The number of hydrogen-bond acceptors (Lipinski definition) is 4. The summed E-state index contributed by atoms with van der Waals surface area (Å²) in [6.45, 7) is 3.44. The second-order valence-corrected chi connectivity index (χ2v) is 3.40. The van der Waals surface area contributed by atoms with E-state index in [4.69, 9.17) is 5.73 Å². The van der Waals surface area contributed by atoms with E-state index in [1.165, 1.54) is 0 Å². The molecule has 14 heavy (non-hydrogen) atoms. The van der Waals surface area contributed by atoms with Crippen molar-refractivity contribution >= 4 is 11.9 Å². The summed E-state index contributed by atoms with van der Waals surface area (Å²) in [5.74, 6) is 0.113. The molecule has 1 amide bonds. The Balaban J connectivity index is 2.26. The molecule has 1 aromatic heterocycles. The van der Waals surface area contributed by atoms with Gasteiger partial charge in [0.2, 0.25) is 5.95 Å². The van der Waals surface area contributed by atoms with Gasteiger partial charge in [-0.1, -0.05) is 0 Å². The second kappa shape index (κ2) is 3.25. The van der Waals surface area contributed by atoms with Crippen molar-refractivity contribution in [1.82, 2.24) is 14.9 Å². The zero-order valence-electron chi connectivity index (χ0n) is 8.03. The highest BCUT2D eigenvalue weighted by Crippen LogP contribution is 2.12. The minimum atomic E-state index is -0.0477. The molecule has 2 heterocycles. The molecular formula is C9H12N4O. The fraction of sp³-hybridized carbons (Fsp3) is 0.444. The lowest BCUT2D eigenvalue weighted by Crippen LogP contribution is -2.42. The number of nitrogens with two attached hydrogens (primary N) is 1. The normalized spacial score (nSPS) is 15.1. The molecule has 1 aliphatic rings. The maximum absolute atomic E-state index is 11.7. The number of likely N-dealkylation sites (tertiary alicyclic amines) is 1. The van der Waals surface area contributed by atoms with Gasteiger partial charge in [-0.3, -0.25) is 4.79 Å². The second-order valence-electron chi connectivity index (χ2n) is 3.40. The molecule has 0 atom stereocenters. The van der Waals surface area contributed by atoms with Crippen LogP contribution in [0.5, 0.6) is 0 Å². The first-order valence-electron chi connectivity index (χ1n) is 4.57. The van der Waals surface area contributed by atoms with E-state index in [0.717, 1.165) is 25.2 Å². The van der Waals surface area contributed by atoms with Crippen LogP contribution in [0.4, 0.5) is 5.95 Å². The van der Waals surface area contributed by atoms with Crippen LogP contribution in [0.2, 0.25) is 0 Å². The summed E-state index contributed by atoms with van der Waals surface area (Å²) in [4.78, 5) is 21.3. The first-order chi connectivity index (χ1) is 6.66. The van der Waals surface area contributed by atoms with Crippen molar-refractivity contribution in [3.05, 3.63) is 17.5 Å². The molecule has 0 spiro atoms. The molecule has 2 N–H and O–H groups in total. The molecule has 0 bridgehead atoms. The summed E-state index contributed by atoms with van der Waals surface area (Å²) in [6, 6.07) is 1.66. The van der Waals surface area contributed by atoms with E-state index in [9.17, 15) is 4.79 Å². The van der Waals surface area contributed by atoms with E-state index >= 15 is 0 Å². The van der Waals surface area contributed by atoms with Crippen LogP contribution in [0.1, 0.15) is 22.6 Å². The first-order valence-corrected chi connectivity index (χ1v) is 4.57. The van der Waals surface area contributed by atoms with E-state index in [0.29, 0.717) is 5.69 Å². The first kappa shape index (κ1) is 8.93. The molecule has 5 heteroatoms. The minimum Gasteiger partial charge on any atom is -0.368 e. The lowest BCUT2D eigenvalue weighted by molar-refractivity contribution is 0.0645. The van der Waals surface area contributed by atoms with Gasteiger partial charge in [0, 0.05) is 18.8 Å². The van der Waals surface area contributed by atoms with Crippen LogP contribution in [0.15, 0.2) is 6.07 Å². The SMILES string of the molecule is Cc1cc(C(=O)N2CCC2)nc(N)n1. The summed E-state index contributed by atoms with van der Waals surface area (Å²) in [5.41, 5.74) is 6.59. The lowest BCUT2D eigenvalue weighted by Gasteiger charge is -2.30. The number of amides is 1. The van der Waals surface area contributed by atoms with Gasteiger partial charge >= 0.3 is 0 Å². The monoisotopic (exact) mass is 192 g/mol. The van der Waals surface area contributed by atoms with Crippen LogP contribution in [-0.2, 0) is 0 Å². The van der Waals surface area contributed by atoms with Crippen molar-refractivity contribution in [2.75, 3.05) is 18.8 Å². The standard InChI is InChI=1S/C9H12N4O/c1-6-5-7(12-9(10)11-6)8(14)13-3-2-4-13/h5H,2-4H2,1H3,(H2,10,11,12). The van der Waals surface area contributed by atoms with Crippen LogP contribution in [-0.4, -0.2) is 33.9 Å². The number of aryl methyl sites for hydroxylation is 1. The Hall–Kier alpha value is -1.65. The number of nitrogen functional groups attached to an aromatic ring is 1. The van der Waals surface area contributed by atoms with Crippen LogP contribution in [0.3, 0.4) is 0 Å². The number of carbonyl (C=O) groups is 1. The molecule has 5 nitrogen and oxygen atoms in total. The van der Waals surface area contributed by atoms with Gasteiger partial charge in [0.25, 0.3) is 5.91 Å². The molecule has 74 valence electrons. The summed E-state index contributed by atoms with van der Waals surface area (Å²) in [6.07, 6.45) is 1.07. The molecule has 0 aromatic carbocycles. The molecule has 0 radical (unpaired) electrons. The van der Waals surface area contributed by atoms with Gasteiger partial charge < -0.3 is 10.6 Å². The average molecular weight is 192 g/mol. The Kier molecular flexibility index (Phi) is 2.07. The van der Waals surface area contributed by atoms with Gasteiger partial charge in [-0.15, -0.1) is 0 Å². The van der Waals surface area contributed by atoms with Gasteiger partial charge in [-0.05, 0) is 19.4 Å². The Bertz CT molecular complexity index is 353. The number of aromatic nitrogens is 2. The van der Waals surface area contributed by atoms with E-state index in [-0.39, 0.29) is 11.9 Å². The summed E-state index contributed by atoms with van der Waals surface area (Å²) in [5, 5.41) is 0. The molecule has 0 saturated carbocycles. The molecule has 1 fully saturated rings. The highest BCUT2D eigenvalue weighted by atomic mass is 16.2. The lowest BCUT2D eigenvalue weighted by atomic mass is 10.2. The van der Waals surface area contributed by atoms with Gasteiger partial charge in [-0.25, -0.2) is 9.97 Å². The molecule has 1 aliphatic heterocycles. The third-order valence-corrected chi connectivity index (χ3v) is 2.23. The van der Waals surface area contributed by atoms with E-state index in [2.05, 4.69) is 9.97 Å². The van der Waals surface area contributed by atoms with Crippen molar-refractivity contribution in [1.29, 1.82) is 0 Å². The third-order valence-electron chi connectivity index (χ3n) is 2.23. The number of rotatable bonds is 1. The molecule has 2 rings (SSSR count). The largest absolute Gasteiger partial charge is 0.368 e. The summed E-state index contributed by atoms with van der Waals surface area (Å²) in [7, 11) is 0. The van der Waals surface area contributed by atoms with Gasteiger partial charge in [0.15, 0.2) is 0 Å². The Morgan fingerprint density at radius 2 is 2.21 bits per heavy atom. The molecule has 1 aromatic rings. The Morgan fingerprint density at radius 1 is 1.50 bits per heavy atom. The summed E-state index contributed by atoms with van der Waals surface area (Å²) >= 11 is 0. The van der Waals surface area contributed by atoms with E-state index in [1.54, 1.807) is 17.9 Å². The molecule has 0 aliphatic carbocycles. The van der Waals surface area contributed by atoms with Crippen molar-refractivity contribution in [2.45, 2.75) is 13.3 Å². The molecular weight excluding hydrogens is 180 g/mol. The van der Waals surface area contributed by atoms with Crippen molar-refractivity contribution in [3.8, 4) is 0 Å². The van der Waals surface area contributed by atoms with Crippen LogP contribution in [0, 0.1) is 6.92 Å². The van der Waals surface area contributed by atoms with Gasteiger partial charge in [0.05, 0.1) is 0 Å². The highest BCUT2D eigenvalue weighted by Gasteiger charge is 2.22.